The molecule has 0 atom stereocenters. The van der Waals surface area contributed by atoms with Crippen molar-refractivity contribution >= 4 is 21.6 Å². The fourth-order valence-electron chi connectivity index (χ4n) is 1.99. The molecule has 0 radical (unpaired) electrons. The number of hydrazine groups is 1. The number of nitrogens with zero attached hydrogens (tertiary/aromatic N) is 1. The number of anilines is 1. The number of methoxy groups -OCH3 is 1. The van der Waals surface area contributed by atoms with E-state index in [1.165, 1.54) is 19.2 Å². The molecule has 0 aliphatic rings. The summed E-state index contributed by atoms with van der Waals surface area (Å²) in [6.07, 6.45) is 0. The van der Waals surface area contributed by atoms with Crippen LogP contribution in [0.1, 0.15) is 0 Å². The number of hydrogen-bond acceptors (Lipinski definition) is 5. The minimum Gasteiger partial charge on any atom is -0.497 e. The quantitative estimate of drug-likeness (QED) is 0.459. The third kappa shape index (κ3) is 3.81. The van der Waals surface area contributed by atoms with Crippen molar-refractivity contribution in [1.82, 2.24) is 5.43 Å². The average Bonchev–Trinajstić information content (AvgIpc) is 2.59. The first-order valence-electron chi connectivity index (χ1n) is 6.80. The molecule has 0 spiro atoms. The van der Waals surface area contributed by atoms with Crippen LogP contribution in [0.3, 0.4) is 0 Å². The molecule has 0 unspecified atom stereocenters. The maximum atomic E-state index is 13.1. The van der Waals surface area contributed by atoms with E-state index in [2.05, 4.69) is 0 Å². The summed E-state index contributed by atoms with van der Waals surface area (Å²) in [5.74, 6) is 4.20. The highest BCUT2D eigenvalue weighted by Gasteiger charge is 2.27. The third-order valence-corrected chi connectivity index (χ3v) is 4.98. The fourth-order valence-corrected chi connectivity index (χ4v) is 3.40. The number of rotatable bonds is 6. The minimum absolute atomic E-state index is 0.156. The van der Waals surface area contributed by atoms with Crippen LogP contribution in [0.5, 0.6) is 5.75 Å². The number of carbonyl (C=O) groups excluding carboxylic acids is 1. The summed E-state index contributed by atoms with van der Waals surface area (Å²) in [7, 11) is -2.67. The molecular weight excluding hydrogens is 337 g/mol. The van der Waals surface area contributed by atoms with Crippen molar-refractivity contribution in [2.24, 2.45) is 5.84 Å². The summed E-state index contributed by atoms with van der Waals surface area (Å²) < 4.78 is 44.7. The lowest BCUT2D eigenvalue weighted by Crippen LogP contribution is -2.43. The maximum Gasteiger partial charge on any atom is 0.264 e. The molecule has 0 aliphatic heterocycles. The number of carbonyl (C=O) groups is 1. The molecular formula is C15H16FN3O4S. The Kier molecular flexibility index (Phi) is 5.37. The van der Waals surface area contributed by atoms with Crippen molar-refractivity contribution in [2.75, 3.05) is 18.0 Å². The molecule has 3 N–H and O–H groups in total. The minimum atomic E-state index is -4.11. The fraction of sp³-hybridized carbons (Fsp3) is 0.133. The summed E-state index contributed by atoms with van der Waals surface area (Å²) in [5.41, 5.74) is 2.10. The first-order valence-corrected chi connectivity index (χ1v) is 8.24. The van der Waals surface area contributed by atoms with Gasteiger partial charge in [0.2, 0.25) is 0 Å². The van der Waals surface area contributed by atoms with E-state index in [0.29, 0.717) is 5.75 Å². The molecule has 2 rings (SSSR count). The Balaban J connectivity index is 2.52. The SMILES string of the molecule is COc1cccc(N(CC(=O)NN)S(=O)(=O)c2ccc(F)cc2)c1. The number of nitrogens with two attached hydrogens (primary N) is 1. The van der Waals surface area contributed by atoms with Crippen LogP contribution in [-0.2, 0) is 14.8 Å². The monoisotopic (exact) mass is 353 g/mol. The molecule has 2 aromatic carbocycles. The highest BCUT2D eigenvalue weighted by molar-refractivity contribution is 7.92. The summed E-state index contributed by atoms with van der Waals surface area (Å²) in [6, 6.07) is 10.5. The second-order valence-electron chi connectivity index (χ2n) is 4.73. The highest BCUT2D eigenvalue weighted by Crippen LogP contribution is 2.26. The molecule has 9 heteroatoms. The van der Waals surface area contributed by atoms with E-state index < -0.39 is 28.3 Å². The lowest BCUT2D eigenvalue weighted by molar-refractivity contribution is -0.119. The molecule has 0 fully saturated rings. The Labute approximate surface area is 138 Å². The van der Waals surface area contributed by atoms with Gasteiger partial charge in [0.15, 0.2) is 0 Å². The number of nitrogens with one attached hydrogen (secondary N) is 1. The van der Waals surface area contributed by atoms with Gasteiger partial charge in [-0.2, -0.15) is 0 Å². The van der Waals surface area contributed by atoms with Crippen LogP contribution in [0.25, 0.3) is 0 Å². The van der Waals surface area contributed by atoms with Crippen molar-refractivity contribution in [3.05, 3.63) is 54.3 Å². The number of sulfonamides is 1. The molecule has 128 valence electrons. The van der Waals surface area contributed by atoms with Gasteiger partial charge in [0.05, 0.1) is 17.7 Å². The first-order chi connectivity index (χ1) is 11.4. The smallest absolute Gasteiger partial charge is 0.264 e. The van der Waals surface area contributed by atoms with Crippen LogP contribution in [0.15, 0.2) is 53.4 Å². The number of benzene rings is 2. The van der Waals surface area contributed by atoms with Gasteiger partial charge in [0, 0.05) is 6.07 Å². The first kappa shape index (κ1) is 17.7. The number of halogens is 1. The summed E-state index contributed by atoms with van der Waals surface area (Å²) in [6.45, 7) is -0.538. The summed E-state index contributed by atoms with van der Waals surface area (Å²) >= 11 is 0. The lowest BCUT2D eigenvalue weighted by atomic mass is 10.3. The predicted octanol–water partition coefficient (Wildman–Crippen LogP) is 1.02. The topological polar surface area (TPSA) is 102 Å². The predicted molar refractivity (Wildman–Crippen MR) is 86.3 cm³/mol. The van der Waals surface area contributed by atoms with Crippen LogP contribution in [0, 0.1) is 5.82 Å². The molecule has 0 bridgehead atoms. The Bertz CT molecular complexity index is 825. The zero-order valence-electron chi connectivity index (χ0n) is 12.8. The normalized spacial score (nSPS) is 11.0. The number of amides is 1. The average molecular weight is 353 g/mol. The Hall–Kier alpha value is -2.65. The molecule has 0 heterocycles. The molecule has 0 aliphatic carbocycles. The van der Waals surface area contributed by atoms with E-state index in [4.69, 9.17) is 10.6 Å². The van der Waals surface area contributed by atoms with E-state index in [1.54, 1.807) is 12.1 Å². The van der Waals surface area contributed by atoms with E-state index in [-0.39, 0.29) is 10.6 Å². The van der Waals surface area contributed by atoms with E-state index in [9.17, 15) is 17.6 Å². The number of ether oxygens (including phenoxy) is 1. The van der Waals surface area contributed by atoms with Crippen LogP contribution in [0.4, 0.5) is 10.1 Å². The Morgan fingerprint density at radius 2 is 1.92 bits per heavy atom. The molecule has 2 aromatic rings. The van der Waals surface area contributed by atoms with Crippen molar-refractivity contribution < 1.29 is 22.3 Å². The second-order valence-corrected chi connectivity index (χ2v) is 6.60. The molecule has 1 amide bonds. The zero-order chi connectivity index (χ0) is 17.7. The van der Waals surface area contributed by atoms with Crippen LogP contribution in [-0.4, -0.2) is 28.0 Å². The van der Waals surface area contributed by atoms with Crippen molar-refractivity contribution in [2.45, 2.75) is 4.90 Å². The third-order valence-electron chi connectivity index (χ3n) is 3.19. The van der Waals surface area contributed by atoms with Crippen LogP contribution < -0.4 is 20.3 Å². The van der Waals surface area contributed by atoms with Gasteiger partial charge in [-0.05, 0) is 36.4 Å². The van der Waals surface area contributed by atoms with Gasteiger partial charge in [0.1, 0.15) is 18.1 Å². The molecule has 7 nitrogen and oxygen atoms in total. The number of hydrogen-bond donors (Lipinski definition) is 2. The Morgan fingerprint density at radius 3 is 2.50 bits per heavy atom. The second kappa shape index (κ2) is 7.28. The van der Waals surface area contributed by atoms with Gasteiger partial charge < -0.3 is 4.74 Å². The van der Waals surface area contributed by atoms with Crippen LogP contribution >= 0.6 is 0 Å². The van der Waals surface area contributed by atoms with Crippen molar-refractivity contribution in [1.29, 1.82) is 0 Å². The molecule has 0 aromatic heterocycles. The molecule has 24 heavy (non-hydrogen) atoms. The van der Waals surface area contributed by atoms with Crippen molar-refractivity contribution in [3.8, 4) is 5.75 Å². The maximum absolute atomic E-state index is 13.1. The standard InChI is InChI=1S/C15H16FN3O4S/c1-23-13-4-2-3-12(9-13)19(10-15(20)18-17)24(21,22)14-7-5-11(16)6-8-14/h2-9H,10,17H2,1H3,(H,18,20). The zero-order valence-corrected chi connectivity index (χ0v) is 13.6. The van der Waals surface area contributed by atoms with Crippen LogP contribution in [0.2, 0.25) is 0 Å². The summed E-state index contributed by atoms with van der Waals surface area (Å²) in [5, 5.41) is 0. The largest absolute Gasteiger partial charge is 0.497 e. The van der Waals surface area contributed by atoms with Gasteiger partial charge in [-0.15, -0.1) is 0 Å². The Morgan fingerprint density at radius 1 is 1.25 bits per heavy atom. The summed E-state index contributed by atoms with van der Waals surface area (Å²) in [4.78, 5) is 11.5. The molecule has 0 saturated heterocycles. The van der Waals surface area contributed by atoms with Gasteiger partial charge >= 0.3 is 0 Å². The van der Waals surface area contributed by atoms with Gasteiger partial charge in [-0.25, -0.2) is 18.7 Å². The highest BCUT2D eigenvalue weighted by atomic mass is 32.2. The van der Waals surface area contributed by atoms with Gasteiger partial charge in [-0.3, -0.25) is 14.5 Å². The van der Waals surface area contributed by atoms with Gasteiger partial charge in [-0.1, -0.05) is 6.07 Å². The van der Waals surface area contributed by atoms with Crippen molar-refractivity contribution in [3.63, 3.8) is 0 Å². The van der Waals surface area contributed by atoms with Gasteiger partial charge in [0.25, 0.3) is 15.9 Å². The van der Waals surface area contributed by atoms with E-state index in [1.807, 2.05) is 5.43 Å². The van der Waals surface area contributed by atoms with E-state index >= 15 is 0 Å². The molecule has 0 saturated carbocycles. The van der Waals surface area contributed by atoms with E-state index in [0.717, 1.165) is 28.6 Å². The lowest BCUT2D eigenvalue weighted by Gasteiger charge is -2.24.